The summed E-state index contributed by atoms with van der Waals surface area (Å²) in [7, 11) is 0. The molecule has 0 bridgehead atoms. The number of anilines is 1. The van der Waals surface area contributed by atoms with Crippen molar-refractivity contribution in [3.05, 3.63) is 29.8 Å². The van der Waals surface area contributed by atoms with Gasteiger partial charge in [-0.05, 0) is 42.5 Å². The zero-order valence-electron chi connectivity index (χ0n) is 13.0. The van der Waals surface area contributed by atoms with Gasteiger partial charge in [0.1, 0.15) is 4.99 Å². The summed E-state index contributed by atoms with van der Waals surface area (Å²) in [6, 6.07) is 8.15. The second-order valence-corrected chi connectivity index (χ2v) is 6.51. The second kappa shape index (κ2) is 7.03. The van der Waals surface area contributed by atoms with Crippen molar-refractivity contribution in [3.8, 4) is 0 Å². The molecule has 0 heterocycles. The van der Waals surface area contributed by atoms with Gasteiger partial charge >= 0.3 is 0 Å². The van der Waals surface area contributed by atoms with Crippen LogP contribution < -0.4 is 10.6 Å². The van der Waals surface area contributed by atoms with Gasteiger partial charge in [0.15, 0.2) is 0 Å². The Morgan fingerprint density at radius 3 is 2.48 bits per heavy atom. The molecule has 1 aliphatic rings. The molecule has 0 saturated heterocycles. The van der Waals surface area contributed by atoms with Crippen LogP contribution in [-0.4, -0.2) is 16.9 Å². The van der Waals surface area contributed by atoms with Crippen molar-refractivity contribution in [3.63, 3.8) is 0 Å². The lowest BCUT2D eigenvalue weighted by atomic mass is 9.78. The number of nitrogens with one attached hydrogen (secondary N) is 2. The molecule has 0 aliphatic heterocycles. The van der Waals surface area contributed by atoms with Gasteiger partial charge in [-0.1, -0.05) is 38.9 Å². The van der Waals surface area contributed by atoms with Crippen LogP contribution >= 0.6 is 12.2 Å². The molecule has 2 rings (SSSR count). The number of hydrogen-bond donors (Lipinski definition) is 2. The van der Waals surface area contributed by atoms with Gasteiger partial charge in [-0.3, -0.25) is 4.79 Å². The molecule has 4 heteroatoms. The predicted molar refractivity (Wildman–Crippen MR) is 91.5 cm³/mol. The Morgan fingerprint density at radius 1 is 1.19 bits per heavy atom. The van der Waals surface area contributed by atoms with Crippen LogP contribution in [-0.2, 0) is 4.79 Å². The van der Waals surface area contributed by atoms with Gasteiger partial charge < -0.3 is 10.6 Å². The van der Waals surface area contributed by atoms with E-state index in [0.29, 0.717) is 12.0 Å². The number of hydrogen-bond acceptors (Lipinski definition) is 2. The number of amides is 1. The molecule has 3 atom stereocenters. The third-order valence-electron chi connectivity index (χ3n) is 4.49. The Kier molecular flexibility index (Phi) is 5.34. The van der Waals surface area contributed by atoms with Crippen LogP contribution in [0.25, 0.3) is 0 Å². The van der Waals surface area contributed by atoms with Crippen molar-refractivity contribution in [2.45, 2.75) is 46.1 Å². The smallest absolute Gasteiger partial charge is 0.221 e. The molecule has 1 amide bonds. The molecule has 0 aromatic heterocycles. The summed E-state index contributed by atoms with van der Waals surface area (Å²) in [5, 5.41) is 6.28. The first-order valence-electron chi connectivity index (χ1n) is 7.66. The zero-order chi connectivity index (χ0) is 15.4. The molecule has 2 N–H and O–H groups in total. The topological polar surface area (TPSA) is 41.1 Å². The largest absolute Gasteiger partial charge is 0.373 e. The summed E-state index contributed by atoms with van der Waals surface area (Å²) in [6.45, 7) is 6.14. The molecular formula is C17H24N2OS. The molecule has 0 radical (unpaired) electrons. The van der Waals surface area contributed by atoms with Gasteiger partial charge in [0.2, 0.25) is 5.91 Å². The van der Waals surface area contributed by atoms with Crippen molar-refractivity contribution < 1.29 is 4.79 Å². The monoisotopic (exact) mass is 304 g/mol. The molecule has 0 unspecified atom stereocenters. The molecule has 114 valence electrons. The van der Waals surface area contributed by atoms with E-state index >= 15 is 0 Å². The van der Waals surface area contributed by atoms with Gasteiger partial charge in [-0.15, -0.1) is 0 Å². The highest BCUT2D eigenvalue weighted by Gasteiger charge is 2.27. The van der Waals surface area contributed by atoms with Gasteiger partial charge in [0, 0.05) is 24.2 Å². The summed E-state index contributed by atoms with van der Waals surface area (Å²) < 4.78 is 0. The number of thiocarbonyl (C=S) groups is 1. The normalized spacial score (nSPS) is 25.2. The average molecular weight is 304 g/mol. The number of carbonyl (C=O) groups excluding carboxylic acids is 1. The minimum Gasteiger partial charge on any atom is -0.373 e. The Morgan fingerprint density at radius 2 is 1.86 bits per heavy atom. The summed E-state index contributed by atoms with van der Waals surface area (Å²) >= 11 is 5.53. The number of rotatable bonds is 3. The van der Waals surface area contributed by atoms with E-state index in [1.165, 1.54) is 26.2 Å². The molecule has 21 heavy (non-hydrogen) atoms. The number of carbonyl (C=O) groups is 1. The van der Waals surface area contributed by atoms with E-state index in [2.05, 4.69) is 24.5 Å². The first-order chi connectivity index (χ1) is 9.97. The fraction of sp³-hybridized carbons (Fsp3) is 0.529. The van der Waals surface area contributed by atoms with Crippen LogP contribution in [0, 0.1) is 11.8 Å². The Labute approximate surface area is 132 Å². The lowest BCUT2D eigenvalue weighted by Gasteiger charge is -2.35. The van der Waals surface area contributed by atoms with Crippen molar-refractivity contribution in [2.24, 2.45) is 11.8 Å². The Balaban J connectivity index is 1.98. The fourth-order valence-electron chi connectivity index (χ4n) is 2.95. The molecule has 1 fully saturated rings. The van der Waals surface area contributed by atoms with Gasteiger partial charge in [0.05, 0.1) is 0 Å². The molecule has 1 aliphatic carbocycles. The van der Waals surface area contributed by atoms with E-state index in [1.807, 2.05) is 24.3 Å². The molecule has 0 spiro atoms. The fourth-order valence-corrected chi connectivity index (χ4v) is 3.23. The summed E-state index contributed by atoms with van der Waals surface area (Å²) in [5.74, 6) is 1.34. The Bertz CT molecular complexity index is 512. The van der Waals surface area contributed by atoms with E-state index in [-0.39, 0.29) is 5.91 Å². The van der Waals surface area contributed by atoms with Crippen LogP contribution in [0.1, 0.15) is 45.6 Å². The lowest BCUT2D eigenvalue weighted by molar-refractivity contribution is -0.114. The molecule has 3 nitrogen and oxygen atoms in total. The molecule has 1 aromatic carbocycles. The van der Waals surface area contributed by atoms with E-state index < -0.39 is 0 Å². The summed E-state index contributed by atoms with van der Waals surface area (Å²) in [4.78, 5) is 11.8. The Hall–Kier alpha value is -1.42. The van der Waals surface area contributed by atoms with Crippen LogP contribution in [0.4, 0.5) is 5.69 Å². The van der Waals surface area contributed by atoms with Crippen LogP contribution in [0.5, 0.6) is 0 Å². The van der Waals surface area contributed by atoms with Gasteiger partial charge in [-0.2, -0.15) is 0 Å². The first-order valence-corrected chi connectivity index (χ1v) is 8.06. The quantitative estimate of drug-likeness (QED) is 0.836. The third kappa shape index (κ3) is 4.27. The first kappa shape index (κ1) is 16.0. The second-order valence-electron chi connectivity index (χ2n) is 6.11. The van der Waals surface area contributed by atoms with Crippen molar-refractivity contribution in [1.29, 1.82) is 0 Å². The SMILES string of the molecule is CC(=O)Nc1ccc(C(=S)N[C@@H]2CCC[C@H](C)[C@H]2C)cc1. The summed E-state index contributed by atoms with van der Waals surface area (Å²) in [6.07, 6.45) is 3.78. The average Bonchev–Trinajstić information content (AvgIpc) is 2.44. The maximum absolute atomic E-state index is 11.0. The van der Waals surface area contributed by atoms with E-state index in [1.54, 1.807) is 0 Å². The minimum absolute atomic E-state index is 0.0616. The van der Waals surface area contributed by atoms with Gasteiger partial charge in [-0.25, -0.2) is 0 Å². The molecular weight excluding hydrogens is 280 g/mol. The minimum atomic E-state index is -0.0616. The number of benzene rings is 1. The van der Waals surface area contributed by atoms with Crippen LogP contribution in [0.3, 0.4) is 0 Å². The molecule has 1 saturated carbocycles. The predicted octanol–water partition coefficient (Wildman–Crippen LogP) is 3.73. The summed E-state index contributed by atoms with van der Waals surface area (Å²) in [5.41, 5.74) is 1.80. The third-order valence-corrected chi connectivity index (χ3v) is 4.84. The maximum atomic E-state index is 11.0. The van der Waals surface area contributed by atoms with Crippen LogP contribution in [0.15, 0.2) is 24.3 Å². The van der Waals surface area contributed by atoms with Gasteiger partial charge in [0.25, 0.3) is 0 Å². The highest BCUT2D eigenvalue weighted by atomic mass is 32.1. The van der Waals surface area contributed by atoms with E-state index in [9.17, 15) is 4.79 Å². The lowest BCUT2D eigenvalue weighted by Crippen LogP contribution is -2.43. The molecule has 1 aromatic rings. The van der Waals surface area contributed by atoms with Crippen molar-refractivity contribution in [2.75, 3.05) is 5.32 Å². The van der Waals surface area contributed by atoms with Crippen LogP contribution in [0.2, 0.25) is 0 Å². The standard InChI is InChI=1S/C17H24N2OS/c1-11-5-4-6-16(12(11)2)19-17(21)14-7-9-15(10-8-14)18-13(3)20/h7-12,16H,4-6H2,1-3H3,(H,18,20)(H,19,21)/t11-,12+,16+/m0/s1. The van der Waals surface area contributed by atoms with E-state index in [0.717, 1.165) is 22.2 Å². The highest BCUT2D eigenvalue weighted by molar-refractivity contribution is 7.80. The van der Waals surface area contributed by atoms with Crippen molar-refractivity contribution >= 4 is 28.8 Å². The van der Waals surface area contributed by atoms with E-state index in [4.69, 9.17) is 12.2 Å². The van der Waals surface area contributed by atoms with Crippen molar-refractivity contribution in [1.82, 2.24) is 5.32 Å². The zero-order valence-corrected chi connectivity index (χ0v) is 13.8. The maximum Gasteiger partial charge on any atom is 0.221 e. The highest BCUT2D eigenvalue weighted by Crippen LogP contribution is 2.29.